The SMILES string of the molecule is CC(C)(C)OC(=O)N[C@H]1Cc2ccccc2[C@@H]1N. The second-order valence-electron chi connectivity index (χ2n) is 5.68. The molecule has 0 radical (unpaired) electrons. The number of hydrogen-bond donors (Lipinski definition) is 2. The van der Waals surface area contributed by atoms with E-state index < -0.39 is 11.7 Å². The molecule has 0 spiro atoms. The summed E-state index contributed by atoms with van der Waals surface area (Å²) < 4.78 is 5.24. The van der Waals surface area contributed by atoms with Crippen molar-refractivity contribution in [2.75, 3.05) is 0 Å². The van der Waals surface area contributed by atoms with Gasteiger partial charge in [-0.05, 0) is 38.3 Å². The van der Waals surface area contributed by atoms with Crippen molar-refractivity contribution in [2.45, 2.75) is 44.9 Å². The number of hydrogen-bond acceptors (Lipinski definition) is 3. The molecule has 1 aromatic carbocycles. The van der Waals surface area contributed by atoms with E-state index in [1.54, 1.807) is 0 Å². The highest BCUT2D eigenvalue weighted by Gasteiger charge is 2.31. The zero-order valence-corrected chi connectivity index (χ0v) is 11.1. The zero-order valence-electron chi connectivity index (χ0n) is 11.1. The third-order valence-corrected chi connectivity index (χ3v) is 2.99. The highest BCUT2D eigenvalue weighted by atomic mass is 16.6. The first-order valence-corrected chi connectivity index (χ1v) is 6.20. The lowest BCUT2D eigenvalue weighted by atomic mass is 10.1. The fraction of sp³-hybridized carbons (Fsp3) is 0.500. The van der Waals surface area contributed by atoms with Gasteiger partial charge in [0.2, 0.25) is 0 Å². The standard InChI is InChI=1S/C14H20N2O2/c1-14(2,3)18-13(17)16-11-8-9-6-4-5-7-10(9)12(11)15/h4-7,11-12H,8,15H2,1-3H3,(H,16,17)/t11-,12-/m0/s1. The molecule has 0 saturated heterocycles. The number of nitrogens with one attached hydrogen (secondary N) is 1. The molecule has 2 atom stereocenters. The summed E-state index contributed by atoms with van der Waals surface area (Å²) in [6.07, 6.45) is 0.354. The Labute approximate surface area is 108 Å². The van der Waals surface area contributed by atoms with E-state index in [4.69, 9.17) is 10.5 Å². The first-order valence-electron chi connectivity index (χ1n) is 6.20. The van der Waals surface area contributed by atoms with E-state index in [0.717, 1.165) is 12.0 Å². The quantitative estimate of drug-likeness (QED) is 0.800. The number of benzene rings is 1. The Morgan fingerprint density at radius 1 is 1.39 bits per heavy atom. The summed E-state index contributed by atoms with van der Waals surface area (Å²) in [6, 6.07) is 7.77. The maximum Gasteiger partial charge on any atom is 0.407 e. The zero-order chi connectivity index (χ0) is 13.3. The molecule has 4 nitrogen and oxygen atoms in total. The van der Waals surface area contributed by atoms with Crippen LogP contribution in [-0.4, -0.2) is 17.7 Å². The summed E-state index contributed by atoms with van der Waals surface area (Å²) >= 11 is 0. The maximum atomic E-state index is 11.7. The largest absolute Gasteiger partial charge is 0.444 e. The van der Waals surface area contributed by atoms with Gasteiger partial charge in [0.05, 0.1) is 12.1 Å². The molecular formula is C14H20N2O2. The van der Waals surface area contributed by atoms with Crippen LogP contribution in [0.25, 0.3) is 0 Å². The number of nitrogens with two attached hydrogens (primary N) is 1. The lowest BCUT2D eigenvalue weighted by Crippen LogP contribution is -2.43. The summed E-state index contributed by atoms with van der Waals surface area (Å²) in [5.74, 6) is 0. The van der Waals surface area contributed by atoms with Gasteiger partial charge in [-0.2, -0.15) is 0 Å². The molecule has 1 amide bonds. The van der Waals surface area contributed by atoms with Gasteiger partial charge in [0, 0.05) is 0 Å². The second-order valence-corrected chi connectivity index (χ2v) is 5.68. The lowest BCUT2D eigenvalue weighted by molar-refractivity contribution is 0.0500. The molecular weight excluding hydrogens is 228 g/mol. The molecule has 0 bridgehead atoms. The monoisotopic (exact) mass is 248 g/mol. The molecule has 0 heterocycles. The molecule has 98 valence electrons. The molecule has 0 aromatic heterocycles. The molecule has 0 saturated carbocycles. The molecule has 4 heteroatoms. The van der Waals surface area contributed by atoms with Gasteiger partial charge < -0.3 is 15.8 Å². The van der Waals surface area contributed by atoms with Crippen LogP contribution >= 0.6 is 0 Å². The van der Waals surface area contributed by atoms with Crippen LogP contribution in [0.1, 0.15) is 37.9 Å². The average Bonchev–Trinajstić information content (AvgIpc) is 2.54. The number of rotatable bonds is 1. The highest BCUT2D eigenvalue weighted by molar-refractivity contribution is 5.68. The van der Waals surface area contributed by atoms with Crippen LogP contribution in [-0.2, 0) is 11.2 Å². The van der Waals surface area contributed by atoms with Crippen molar-refractivity contribution in [2.24, 2.45) is 5.73 Å². The topological polar surface area (TPSA) is 64.3 Å². The van der Waals surface area contributed by atoms with Crippen molar-refractivity contribution < 1.29 is 9.53 Å². The minimum atomic E-state index is -0.486. The predicted octanol–water partition coefficient (Wildman–Crippen LogP) is 2.14. The number of carbonyl (C=O) groups is 1. The van der Waals surface area contributed by atoms with Crippen molar-refractivity contribution >= 4 is 6.09 Å². The van der Waals surface area contributed by atoms with Gasteiger partial charge in [0.15, 0.2) is 0 Å². The first kappa shape index (κ1) is 12.9. The van der Waals surface area contributed by atoms with Crippen LogP contribution in [0.15, 0.2) is 24.3 Å². The van der Waals surface area contributed by atoms with Gasteiger partial charge in [-0.1, -0.05) is 24.3 Å². The van der Waals surface area contributed by atoms with Gasteiger partial charge in [-0.25, -0.2) is 4.79 Å². The lowest BCUT2D eigenvalue weighted by Gasteiger charge is -2.23. The molecule has 1 aliphatic rings. The number of carbonyl (C=O) groups excluding carboxylic acids is 1. The van der Waals surface area contributed by atoms with Crippen molar-refractivity contribution in [1.82, 2.24) is 5.32 Å². The number of alkyl carbamates (subject to hydrolysis) is 1. The number of ether oxygens (including phenoxy) is 1. The second kappa shape index (κ2) is 4.61. The van der Waals surface area contributed by atoms with Crippen LogP contribution in [0.5, 0.6) is 0 Å². The van der Waals surface area contributed by atoms with Crippen LogP contribution in [0.4, 0.5) is 4.79 Å². The van der Waals surface area contributed by atoms with Gasteiger partial charge in [0.25, 0.3) is 0 Å². The third-order valence-electron chi connectivity index (χ3n) is 2.99. The molecule has 1 aromatic rings. The fourth-order valence-electron chi connectivity index (χ4n) is 2.23. The third kappa shape index (κ3) is 2.82. The van der Waals surface area contributed by atoms with E-state index in [0.29, 0.717) is 0 Å². The molecule has 0 fully saturated rings. The molecule has 3 N–H and O–H groups in total. The van der Waals surface area contributed by atoms with E-state index in [-0.39, 0.29) is 12.1 Å². The molecule has 2 rings (SSSR count). The van der Waals surface area contributed by atoms with E-state index in [1.807, 2.05) is 45.0 Å². The molecule has 0 aliphatic heterocycles. The van der Waals surface area contributed by atoms with Crippen LogP contribution in [0, 0.1) is 0 Å². The normalized spacial score (nSPS) is 22.4. The van der Waals surface area contributed by atoms with Crippen molar-refractivity contribution in [3.63, 3.8) is 0 Å². The fourth-order valence-corrected chi connectivity index (χ4v) is 2.23. The van der Waals surface area contributed by atoms with E-state index in [2.05, 4.69) is 5.32 Å². The van der Waals surface area contributed by atoms with E-state index in [9.17, 15) is 4.79 Å². The minimum Gasteiger partial charge on any atom is -0.444 e. The molecule has 1 aliphatic carbocycles. The Morgan fingerprint density at radius 3 is 2.67 bits per heavy atom. The smallest absolute Gasteiger partial charge is 0.407 e. The van der Waals surface area contributed by atoms with Gasteiger partial charge in [-0.3, -0.25) is 0 Å². The maximum absolute atomic E-state index is 11.7. The van der Waals surface area contributed by atoms with Gasteiger partial charge in [0.1, 0.15) is 5.60 Å². The van der Waals surface area contributed by atoms with E-state index in [1.165, 1.54) is 5.56 Å². The van der Waals surface area contributed by atoms with Crippen molar-refractivity contribution in [1.29, 1.82) is 0 Å². The van der Waals surface area contributed by atoms with E-state index >= 15 is 0 Å². The van der Waals surface area contributed by atoms with Gasteiger partial charge >= 0.3 is 6.09 Å². The Hall–Kier alpha value is -1.55. The van der Waals surface area contributed by atoms with Gasteiger partial charge in [-0.15, -0.1) is 0 Å². The summed E-state index contributed by atoms with van der Waals surface area (Å²) in [6.45, 7) is 5.53. The summed E-state index contributed by atoms with van der Waals surface area (Å²) in [5, 5.41) is 2.85. The summed E-state index contributed by atoms with van der Waals surface area (Å²) in [5.41, 5.74) is 7.96. The minimum absolute atomic E-state index is 0.0859. The highest BCUT2D eigenvalue weighted by Crippen LogP contribution is 2.29. The first-order chi connectivity index (χ1) is 8.37. The average molecular weight is 248 g/mol. The van der Waals surface area contributed by atoms with Crippen LogP contribution in [0.2, 0.25) is 0 Å². The Morgan fingerprint density at radius 2 is 2.06 bits per heavy atom. The van der Waals surface area contributed by atoms with Crippen LogP contribution < -0.4 is 11.1 Å². The predicted molar refractivity (Wildman–Crippen MR) is 70.2 cm³/mol. The van der Waals surface area contributed by atoms with Crippen molar-refractivity contribution in [3.8, 4) is 0 Å². The Kier molecular flexibility index (Phi) is 3.30. The summed E-state index contributed by atoms with van der Waals surface area (Å²) in [4.78, 5) is 11.7. The Bertz CT molecular complexity index is 451. The molecule has 18 heavy (non-hydrogen) atoms. The Balaban J connectivity index is 2.00. The number of amides is 1. The van der Waals surface area contributed by atoms with Crippen molar-refractivity contribution in [3.05, 3.63) is 35.4 Å². The number of fused-ring (bicyclic) bond motifs is 1. The summed E-state index contributed by atoms with van der Waals surface area (Å²) in [7, 11) is 0. The molecule has 0 unspecified atom stereocenters. The van der Waals surface area contributed by atoms with Crippen LogP contribution in [0.3, 0.4) is 0 Å².